The molecule has 0 bridgehead atoms. The number of aromatic nitrogens is 3. The maximum atomic E-state index is 11.6. The fourth-order valence-electron chi connectivity index (χ4n) is 2.61. The molecule has 0 aliphatic heterocycles. The van der Waals surface area contributed by atoms with Gasteiger partial charge < -0.3 is 14.1 Å². The largest absolute Gasteiger partial charge is 0.477 e. The lowest BCUT2D eigenvalue weighted by Gasteiger charge is -2.09. The van der Waals surface area contributed by atoms with Crippen LogP contribution < -0.4 is 0 Å². The minimum atomic E-state index is -1.04. The highest BCUT2D eigenvalue weighted by atomic mass is 127. The van der Waals surface area contributed by atoms with E-state index in [9.17, 15) is 9.90 Å². The lowest BCUT2D eigenvalue weighted by Crippen LogP contribution is -2.00. The van der Waals surface area contributed by atoms with Gasteiger partial charge in [0, 0.05) is 27.6 Å². The molecule has 0 spiro atoms. The highest BCUT2D eigenvalue weighted by molar-refractivity contribution is 14.1. The zero-order valence-corrected chi connectivity index (χ0v) is 17.3. The van der Waals surface area contributed by atoms with E-state index in [0.29, 0.717) is 5.89 Å². The second-order valence-electron chi connectivity index (χ2n) is 5.64. The monoisotopic (exact) mass is 481 g/mol. The molecule has 1 N–H and O–H groups in total. The number of carboxylic acid groups (broad SMARTS) is 1. The quantitative estimate of drug-likeness (QED) is 0.326. The summed E-state index contributed by atoms with van der Waals surface area (Å²) in [5.41, 5.74) is 3.86. The Bertz CT molecular complexity index is 990. The summed E-state index contributed by atoms with van der Waals surface area (Å²) >= 11 is 3.21. The molecule has 0 aliphatic carbocycles. The van der Waals surface area contributed by atoms with Gasteiger partial charge in [-0.1, -0.05) is 0 Å². The summed E-state index contributed by atoms with van der Waals surface area (Å²) in [6, 6.07) is 10.1. The van der Waals surface area contributed by atoms with Gasteiger partial charge in [0.15, 0.2) is 0 Å². The van der Waals surface area contributed by atoms with E-state index in [1.807, 2.05) is 44.2 Å². The standard InChI is InChI=1S/C18H16IN3O3S/c1-10-8-13(11(2)22(10)15-6-4-14(19)5-7-15)9-16(17(23)24)26-18-21-20-12(3)25-18/h4-9H,1-3H3,(H,23,24)/b16-9-. The number of aliphatic carboxylic acids is 1. The average molecular weight is 481 g/mol. The molecule has 1 aromatic carbocycles. The van der Waals surface area contributed by atoms with Gasteiger partial charge in [0.05, 0.1) is 0 Å². The molecule has 2 aromatic heterocycles. The van der Waals surface area contributed by atoms with Crippen LogP contribution in [0.4, 0.5) is 0 Å². The van der Waals surface area contributed by atoms with Crippen LogP contribution in [0.25, 0.3) is 11.8 Å². The smallest absolute Gasteiger partial charge is 0.342 e. The van der Waals surface area contributed by atoms with E-state index in [4.69, 9.17) is 4.42 Å². The van der Waals surface area contributed by atoms with Gasteiger partial charge in [-0.15, -0.1) is 10.2 Å². The van der Waals surface area contributed by atoms with Crippen molar-refractivity contribution in [2.45, 2.75) is 26.0 Å². The molecule has 6 nitrogen and oxygen atoms in total. The summed E-state index contributed by atoms with van der Waals surface area (Å²) in [5, 5.41) is 17.3. The summed E-state index contributed by atoms with van der Waals surface area (Å²) in [7, 11) is 0. The number of rotatable bonds is 5. The summed E-state index contributed by atoms with van der Waals surface area (Å²) in [6.07, 6.45) is 1.64. The molecule has 0 radical (unpaired) electrons. The van der Waals surface area contributed by atoms with Crippen LogP contribution in [0, 0.1) is 24.3 Å². The van der Waals surface area contributed by atoms with E-state index in [-0.39, 0.29) is 10.1 Å². The van der Waals surface area contributed by atoms with Crippen LogP contribution in [0.3, 0.4) is 0 Å². The van der Waals surface area contributed by atoms with Gasteiger partial charge in [-0.2, -0.15) is 0 Å². The molecule has 3 rings (SSSR count). The van der Waals surface area contributed by atoms with Gasteiger partial charge in [0.25, 0.3) is 5.22 Å². The zero-order chi connectivity index (χ0) is 18.8. The first-order valence-electron chi connectivity index (χ1n) is 7.73. The Labute approximate surface area is 168 Å². The highest BCUT2D eigenvalue weighted by Crippen LogP contribution is 2.30. The van der Waals surface area contributed by atoms with Crippen LogP contribution >= 0.6 is 34.4 Å². The zero-order valence-electron chi connectivity index (χ0n) is 14.4. The summed E-state index contributed by atoms with van der Waals surface area (Å²) in [5.74, 6) is -0.640. The van der Waals surface area contributed by atoms with Crippen molar-refractivity contribution in [2.24, 2.45) is 0 Å². The number of carboxylic acids is 1. The SMILES string of the molecule is Cc1nnc(S/C(=C\c2cc(C)n(-c3ccc(I)cc3)c2C)C(=O)O)o1. The number of thioether (sulfide) groups is 1. The van der Waals surface area contributed by atoms with Crippen molar-refractivity contribution in [1.29, 1.82) is 0 Å². The number of aryl methyl sites for hydroxylation is 2. The van der Waals surface area contributed by atoms with Crippen molar-refractivity contribution >= 4 is 46.4 Å². The molecule has 0 aliphatic rings. The van der Waals surface area contributed by atoms with Crippen molar-refractivity contribution in [3.63, 3.8) is 0 Å². The molecule has 0 atom stereocenters. The molecule has 8 heteroatoms. The fraction of sp³-hybridized carbons (Fsp3) is 0.167. The number of halogens is 1. The molecule has 0 saturated carbocycles. The Balaban J connectivity index is 1.99. The van der Waals surface area contributed by atoms with Crippen LogP contribution in [0.5, 0.6) is 0 Å². The van der Waals surface area contributed by atoms with E-state index >= 15 is 0 Å². The first-order chi connectivity index (χ1) is 12.3. The van der Waals surface area contributed by atoms with Crippen molar-refractivity contribution in [2.75, 3.05) is 0 Å². The third-order valence-corrected chi connectivity index (χ3v) is 5.33. The summed E-state index contributed by atoms with van der Waals surface area (Å²) in [6.45, 7) is 5.63. The van der Waals surface area contributed by atoms with Gasteiger partial charge in [-0.05, 0) is 90.2 Å². The Kier molecular flexibility index (Phi) is 5.52. The molecule has 2 heterocycles. The van der Waals surface area contributed by atoms with Crippen molar-refractivity contribution < 1.29 is 14.3 Å². The van der Waals surface area contributed by atoms with Crippen LogP contribution in [0.2, 0.25) is 0 Å². The first kappa shape index (κ1) is 18.7. The van der Waals surface area contributed by atoms with Gasteiger partial charge in [0.1, 0.15) is 4.91 Å². The number of nitrogens with zero attached hydrogens (tertiary/aromatic N) is 3. The minimum Gasteiger partial charge on any atom is -0.477 e. The van der Waals surface area contributed by atoms with Crippen LogP contribution in [-0.4, -0.2) is 25.8 Å². The maximum Gasteiger partial charge on any atom is 0.342 e. The number of hydrogen-bond acceptors (Lipinski definition) is 5. The average Bonchev–Trinajstić information content (AvgIpc) is 3.11. The Hall–Kier alpha value is -2.07. The van der Waals surface area contributed by atoms with E-state index < -0.39 is 5.97 Å². The van der Waals surface area contributed by atoms with Gasteiger partial charge in [0.2, 0.25) is 5.89 Å². The molecular formula is C18H16IN3O3S. The molecule has 134 valence electrons. The topological polar surface area (TPSA) is 81.2 Å². The van der Waals surface area contributed by atoms with E-state index in [0.717, 1.165) is 38.0 Å². The van der Waals surface area contributed by atoms with Crippen LogP contribution in [-0.2, 0) is 4.79 Å². The third kappa shape index (κ3) is 4.01. The maximum absolute atomic E-state index is 11.6. The Morgan fingerprint density at radius 2 is 1.92 bits per heavy atom. The second-order valence-corrected chi connectivity index (χ2v) is 7.88. The molecule has 0 unspecified atom stereocenters. The number of benzene rings is 1. The lowest BCUT2D eigenvalue weighted by atomic mass is 10.2. The van der Waals surface area contributed by atoms with E-state index in [1.54, 1.807) is 13.0 Å². The molecule has 26 heavy (non-hydrogen) atoms. The van der Waals surface area contributed by atoms with Gasteiger partial charge in [-0.25, -0.2) is 4.79 Å². The summed E-state index contributed by atoms with van der Waals surface area (Å²) < 4.78 is 8.53. The normalized spacial score (nSPS) is 11.8. The van der Waals surface area contributed by atoms with Crippen molar-refractivity contribution in [3.8, 4) is 5.69 Å². The van der Waals surface area contributed by atoms with Gasteiger partial charge >= 0.3 is 5.97 Å². The molecule has 0 amide bonds. The van der Waals surface area contributed by atoms with Crippen LogP contribution in [0.1, 0.15) is 22.8 Å². The minimum absolute atomic E-state index is 0.122. The highest BCUT2D eigenvalue weighted by Gasteiger charge is 2.17. The van der Waals surface area contributed by atoms with E-state index in [2.05, 4.69) is 37.4 Å². The molecule has 0 saturated heterocycles. The molecular weight excluding hydrogens is 465 g/mol. The molecule has 0 fully saturated rings. The van der Waals surface area contributed by atoms with Gasteiger partial charge in [-0.3, -0.25) is 0 Å². The number of hydrogen-bond donors (Lipinski definition) is 1. The second kappa shape index (κ2) is 7.67. The predicted octanol–water partition coefficient (Wildman–Crippen LogP) is 4.61. The predicted molar refractivity (Wildman–Crippen MR) is 108 cm³/mol. The summed E-state index contributed by atoms with van der Waals surface area (Å²) in [4.78, 5) is 11.8. The fourth-order valence-corrected chi connectivity index (χ4v) is 3.68. The van der Waals surface area contributed by atoms with Crippen molar-refractivity contribution in [3.05, 3.63) is 61.6 Å². The first-order valence-corrected chi connectivity index (χ1v) is 9.62. The Morgan fingerprint density at radius 1 is 1.23 bits per heavy atom. The number of carbonyl (C=O) groups is 1. The van der Waals surface area contributed by atoms with E-state index in [1.165, 1.54) is 0 Å². The molecule has 3 aromatic rings. The van der Waals surface area contributed by atoms with Crippen LogP contribution in [0.15, 0.2) is 44.9 Å². The van der Waals surface area contributed by atoms with Crippen molar-refractivity contribution in [1.82, 2.24) is 14.8 Å². The third-order valence-electron chi connectivity index (χ3n) is 3.76. The Morgan fingerprint density at radius 3 is 2.50 bits per heavy atom. The lowest BCUT2D eigenvalue weighted by molar-refractivity contribution is -0.131.